The number of aromatic nitrogens is 2. The largest absolute Gasteiger partial charge is 0.471 e. The van der Waals surface area contributed by atoms with Crippen LogP contribution in [0.5, 0.6) is 6.01 Å². The molecule has 0 aliphatic rings. The lowest BCUT2D eigenvalue weighted by atomic mass is 10.2. The summed E-state index contributed by atoms with van der Waals surface area (Å²) in [6, 6.07) is -12.2. The fourth-order valence-corrected chi connectivity index (χ4v) is 2.47. The summed E-state index contributed by atoms with van der Waals surface area (Å²) < 4.78 is 249. The highest BCUT2D eigenvalue weighted by molar-refractivity contribution is 7.88. The molecule has 7 nitrogen and oxygen atoms in total. The molecule has 37 heavy (non-hydrogen) atoms. The number of ether oxygens (including phenoxy) is 2. The molecule has 1 atom stereocenters. The van der Waals surface area contributed by atoms with Crippen LogP contribution in [0.15, 0.2) is 24.5 Å². The van der Waals surface area contributed by atoms with Crippen molar-refractivity contribution in [1.29, 1.82) is 0 Å². The Morgan fingerprint density at radius 2 is 1.35 bits per heavy atom. The highest BCUT2D eigenvalue weighted by Gasteiger charge is 2.83. The summed E-state index contributed by atoms with van der Waals surface area (Å²) in [6.45, 7) is 0. The van der Waals surface area contributed by atoms with Gasteiger partial charge in [0.25, 0.3) is 0 Å². The van der Waals surface area contributed by atoms with Crippen molar-refractivity contribution in [1.82, 2.24) is 9.55 Å². The van der Waals surface area contributed by atoms with E-state index in [2.05, 4.69) is 9.17 Å². The fourth-order valence-electron chi connectivity index (χ4n) is 1.71. The lowest BCUT2D eigenvalue weighted by Crippen LogP contribution is -2.64. The molecule has 0 aromatic carbocycles. The smallest absolute Gasteiger partial charge is 0.398 e. The Bertz CT molecular complexity index is 1110. The standard InChI is InChI=1S/C12H3F17N2O5S/c13-3(14)4(15)34-10(24,25)8(20,9(21,22)23)36-11(26,27)12(28,29)37(32,33)35-6-30-1-2-31(6)7(18,19)5(16)17/h1-2,5H. The third-order valence-electron chi connectivity index (χ3n) is 3.40. The maximum absolute atomic E-state index is 13.9. The van der Waals surface area contributed by atoms with Crippen molar-refractivity contribution >= 4 is 10.1 Å². The second-order valence-corrected chi connectivity index (χ2v) is 7.47. The van der Waals surface area contributed by atoms with Gasteiger partial charge in [-0.25, -0.2) is 18.3 Å². The van der Waals surface area contributed by atoms with Crippen LogP contribution in [-0.4, -0.2) is 53.9 Å². The summed E-state index contributed by atoms with van der Waals surface area (Å²) in [5, 5.41) is -7.53. The van der Waals surface area contributed by atoms with Gasteiger partial charge < -0.3 is 8.92 Å². The molecule has 0 aliphatic carbocycles. The second-order valence-electron chi connectivity index (χ2n) is 5.89. The number of halogens is 17. The zero-order valence-corrected chi connectivity index (χ0v) is 16.8. The first-order valence-corrected chi connectivity index (χ1v) is 9.21. The van der Waals surface area contributed by atoms with Crippen molar-refractivity contribution in [2.45, 2.75) is 42.0 Å². The molecule has 0 fully saturated rings. The predicted molar refractivity (Wildman–Crippen MR) is 75.2 cm³/mol. The molecule has 0 saturated carbocycles. The van der Waals surface area contributed by atoms with Crippen LogP contribution in [0.1, 0.15) is 0 Å². The SMILES string of the molecule is O=S(=O)(Oc1nccn1C(F)(F)C(F)F)C(F)(F)C(F)(F)OC(F)(C(F)(F)F)C(F)(F)OC(F)=C(F)F. The maximum Gasteiger partial charge on any atom is 0.471 e. The van der Waals surface area contributed by atoms with E-state index in [1.165, 1.54) is 0 Å². The lowest BCUT2D eigenvalue weighted by molar-refractivity contribution is -0.510. The van der Waals surface area contributed by atoms with Gasteiger partial charge in [0.15, 0.2) is 0 Å². The first kappa shape index (κ1) is 32.3. The number of imidazole rings is 1. The summed E-state index contributed by atoms with van der Waals surface area (Å²) in [5.74, 6) is -7.75. The van der Waals surface area contributed by atoms with Crippen LogP contribution < -0.4 is 4.18 Å². The Balaban J connectivity index is 3.55. The minimum atomic E-state index is -7.84. The maximum atomic E-state index is 13.9. The number of hydrogen-bond acceptors (Lipinski definition) is 6. The second kappa shape index (κ2) is 9.54. The van der Waals surface area contributed by atoms with Gasteiger partial charge in [0.2, 0.25) is 0 Å². The molecule has 1 aromatic heterocycles. The zero-order chi connectivity index (χ0) is 29.6. The van der Waals surface area contributed by atoms with Crippen LogP contribution >= 0.6 is 0 Å². The van der Waals surface area contributed by atoms with Crippen molar-refractivity contribution in [3.8, 4) is 6.01 Å². The third kappa shape index (κ3) is 5.74. The van der Waals surface area contributed by atoms with Gasteiger partial charge in [0, 0.05) is 12.4 Å². The molecule has 0 aliphatic heterocycles. The van der Waals surface area contributed by atoms with Gasteiger partial charge >= 0.3 is 70.2 Å². The van der Waals surface area contributed by atoms with E-state index >= 15 is 0 Å². The highest BCUT2D eigenvalue weighted by atomic mass is 32.2. The molecule has 0 spiro atoms. The molecule has 1 aromatic rings. The first-order valence-electron chi connectivity index (χ1n) is 7.81. The Hall–Kier alpha value is -2.73. The van der Waals surface area contributed by atoms with Crippen LogP contribution in [-0.2, 0) is 25.6 Å². The Morgan fingerprint density at radius 1 is 0.865 bits per heavy atom. The van der Waals surface area contributed by atoms with Crippen LogP contribution in [0, 0.1) is 0 Å². The summed E-state index contributed by atoms with van der Waals surface area (Å²) in [4.78, 5) is 2.37. The number of rotatable bonds is 11. The molecule has 0 saturated heterocycles. The van der Waals surface area contributed by atoms with Crippen molar-refractivity contribution in [2.75, 3.05) is 0 Å². The summed E-state index contributed by atoms with van der Waals surface area (Å²) in [5.41, 5.74) is 0. The molecule has 1 unspecified atom stereocenters. The van der Waals surface area contributed by atoms with Crippen molar-refractivity contribution in [2.24, 2.45) is 0 Å². The molecule has 0 amide bonds. The lowest BCUT2D eigenvalue weighted by Gasteiger charge is -2.36. The fraction of sp³-hybridized carbons (Fsp3) is 0.583. The minimum Gasteiger partial charge on any atom is -0.398 e. The number of nitrogens with zero attached hydrogens (tertiary/aromatic N) is 2. The summed E-state index contributed by atoms with van der Waals surface area (Å²) in [6.07, 6.45) is -32.2. The minimum absolute atomic E-state index is 0.0892. The number of hydrogen-bond donors (Lipinski definition) is 0. The molecule has 1 heterocycles. The van der Waals surface area contributed by atoms with Gasteiger partial charge in [-0.3, -0.25) is 4.74 Å². The summed E-state index contributed by atoms with van der Waals surface area (Å²) >= 11 is 0. The quantitative estimate of drug-likeness (QED) is 0.188. The van der Waals surface area contributed by atoms with Gasteiger partial charge in [-0.2, -0.15) is 74.3 Å². The normalized spacial score (nSPS) is 15.9. The van der Waals surface area contributed by atoms with E-state index in [-0.39, 0.29) is 12.4 Å². The van der Waals surface area contributed by atoms with Crippen molar-refractivity contribution in [3.05, 3.63) is 24.5 Å². The molecular weight excluding hydrogens is 607 g/mol. The molecular formula is C12H3F17N2O5S. The van der Waals surface area contributed by atoms with E-state index in [0.29, 0.717) is 0 Å². The highest BCUT2D eigenvalue weighted by Crippen LogP contribution is 2.53. The molecule has 0 N–H and O–H groups in total. The van der Waals surface area contributed by atoms with Crippen molar-refractivity contribution in [3.63, 3.8) is 0 Å². The van der Waals surface area contributed by atoms with Gasteiger partial charge in [0.1, 0.15) is 0 Å². The zero-order valence-electron chi connectivity index (χ0n) is 16.0. The molecule has 216 valence electrons. The van der Waals surface area contributed by atoms with E-state index < -0.39 is 74.8 Å². The van der Waals surface area contributed by atoms with Gasteiger partial charge in [0.05, 0.1) is 0 Å². The Labute approximate surface area is 190 Å². The van der Waals surface area contributed by atoms with E-state index in [1.807, 2.05) is 4.74 Å². The molecule has 0 bridgehead atoms. The van der Waals surface area contributed by atoms with Gasteiger partial charge in [-0.1, -0.05) is 0 Å². The summed E-state index contributed by atoms with van der Waals surface area (Å²) in [7, 11) is -7.84. The predicted octanol–water partition coefficient (Wildman–Crippen LogP) is 5.48. The van der Waals surface area contributed by atoms with Crippen LogP contribution in [0.3, 0.4) is 0 Å². The first-order chi connectivity index (χ1) is 16.2. The topological polar surface area (TPSA) is 79.7 Å². The molecule has 0 radical (unpaired) electrons. The average Bonchev–Trinajstić information content (AvgIpc) is 3.13. The Kier molecular flexibility index (Phi) is 8.33. The van der Waals surface area contributed by atoms with Crippen LogP contribution in [0.4, 0.5) is 74.6 Å². The van der Waals surface area contributed by atoms with Gasteiger partial charge in [-0.15, -0.1) is 0 Å². The third-order valence-corrected chi connectivity index (χ3v) is 4.64. The van der Waals surface area contributed by atoms with Gasteiger partial charge in [-0.05, 0) is 0 Å². The number of alkyl halides is 14. The van der Waals surface area contributed by atoms with Crippen molar-refractivity contribution < 1.29 is 96.7 Å². The average molecular weight is 610 g/mol. The van der Waals surface area contributed by atoms with Crippen LogP contribution in [0.2, 0.25) is 0 Å². The Morgan fingerprint density at radius 3 is 1.76 bits per heavy atom. The van der Waals surface area contributed by atoms with E-state index in [1.54, 1.807) is 4.74 Å². The van der Waals surface area contributed by atoms with E-state index in [9.17, 15) is 83.1 Å². The van der Waals surface area contributed by atoms with E-state index in [0.717, 1.165) is 0 Å². The monoisotopic (exact) mass is 610 g/mol. The van der Waals surface area contributed by atoms with Crippen LogP contribution in [0.25, 0.3) is 0 Å². The van der Waals surface area contributed by atoms with E-state index in [4.69, 9.17) is 0 Å². The molecule has 1 rings (SSSR count). The molecule has 25 heteroatoms.